The quantitative estimate of drug-likeness (QED) is 0.270. The Morgan fingerprint density at radius 3 is 2.49 bits per heavy atom. The zero-order valence-corrected chi connectivity index (χ0v) is 19.7. The smallest absolute Gasteiger partial charge is 0.164 e. The molecule has 0 aliphatic heterocycles. The lowest BCUT2D eigenvalue weighted by Crippen LogP contribution is -2.00. The average Bonchev–Trinajstić information content (AvgIpc) is 2.90. The van der Waals surface area contributed by atoms with Gasteiger partial charge in [-0.25, -0.2) is 15.0 Å². The number of ether oxygens (including phenoxy) is 2. The predicted molar refractivity (Wildman–Crippen MR) is 137 cm³/mol. The first kappa shape index (κ1) is 22.5. The number of phenols is 1. The number of pyridine rings is 1. The number of hydrogen-bond acceptors (Lipinski definition) is 8. The van der Waals surface area contributed by atoms with E-state index in [1.165, 1.54) is 6.33 Å². The van der Waals surface area contributed by atoms with Crippen molar-refractivity contribution < 1.29 is 14.6 Å². The first-order valence-corrected chi connectivity index (χ1v) is 11.7. The van der Waals surface area contributed by atoms with Crippen LogP contribution >= 0.6 is 11.8 Å². The molecule has 174 valence electrons. The molecule has 5 rings (SSSR count). The first-order chi connectivity index (χ1) is 17.2. The van der Waals surface area contributed by atoms with Crippen molar-refractivity contribution in [2.24, 2.45) is 0 Å². The molecule has 0 atom stereocenters. The summed E-state index contributed by atoms with van der Waals surface area (Å²) in [5.41, 5.74) is 2.49. The van der Waals surface area contributed by atoms with E-state index in [9.17, 15) is 5.11 Å². The molecule has 8 heteroatoms. The fraction of sp³-hybridized carbons (Fsp3) is 0.0741. The van der Waals surface area contributed by atoms with E-state index in [2.05, 4.69) is 20.3 Å². The molecule has 2 aromatic heterocycles. The zero-order chi connectivity index (χ0) is 24.0. The van der Waals surface area contributed by atoms with Crippen LogP contribution in [-0.4, -0.2) is 27.2 Å². The number of anilines is 2. The van der Waals surface area contributed by atoms with E-state index < -0.39 is 0 Å². The summed E-state index contributed by atoms with van der Waals surface area (Å²) >= 11 is 1.57. The monoisotopic (exact) mass is 482 g/mol. The topological polar surface area (TPSA) is 89.4 Å². The third-order valence-electron chi connectivity index (χ3n) is 5.24. The highest BCUT2D eigenvalue weighted by Crippen LogP contribution is 2.38. The van der Waals surface area contributed by atoms with E-state index in [1.807, 2.05) is 66.7 Å². The first-order valence-electron chi connectivity index (χ1n) is 10.9. The summed E-state index contributed by atoms with van der Waals surface area (Å²) in [6.07, 6.45) is 3.20. The molecule has 0 aliphatic carbocycles. The maximum atomic E-state index is 9.63. The van der Waals surface area contributed by atoms with Crippen LogP contribution in [0.3, 0.4) is 0 Å². The third kappa shape index (κ3) is 5.44. The van der Waals surface area contributed by atoms with Crippen LogP contribution in [0.5, 0.6) is 17.2 Å². The number of aromatic hydroxyl groups is 1. The summed E-state index contributed by atoms with van der Waals surface area (Å²) in [6, 6.07) is 24.6. The maximum Gasteiger partial charge on any atom is 0.164 e. The van der Waals surface area contributed by atoms with Gasteiger partial charge < -0.3 is 19.9 Å². The summed E-state index contributed by atoms with van der Waals surface area (Å²) in [4.78, 5) is 15.0. The highest BCUT2D eigenvalue weighted by atomic mass is 32.2. The molecule has 0 saturated heterocycles. The van der Waals surface area contributed by atoms with Gasteiger partial charge in [0, 0.05) is 22.1 Å². The Kier molecular flexibility index (Phi) is 6.63. The predicted octanol–water partition coefficient (Wildman–Crippen LogP) is 6.21. The summed E-state index contributed by atoms with van der Waals surface area (Å²) in [5.74, 6) is 2.41. The molecule has 0 bridgehead atoms. The Morgan fingerprint density at radius 2 is 1.69 bits per heavy atom. The summed E-state index contributed by atoms with van der Waals surface area (Å²) in [5, 5.41) is 13.9. The van der Waals surface area contributed by atoms with Gasteiger partial charge in [-0.2, -0.15) is 0 Å². The van der Waals surface area contributed by atoms with Crippen molar-refractivity contribution >= 4 is 34.3 Å². The molecule has 0 saturated carbocycles. The van der Waals surface area contributed by atoms with E-state index in [4.69, 9.17) is 9.47 Å². The van der Waals surface area contributed by atoms with Crippen molar-refractivity contribution in [3.05, 3.63) is 97.0 Å². The van der Waals surface area contributed by atoms with E-state index in [-0.39, 0.29) is 5.75 Å². The molecule has 2 heterocycles. The van der Waals surface area contributed by atoms with Crippen LogP contribution in [0.4, 0.5) is 11.5 Å². The minimum atomic E-state index is 0.231. The van der Waals surface area contributed by atoms with Gasteiger partial charge in [0.2, 0.25) is 0 Å². The molecular weight excluding hydrogens is 460 g/mol. The number of rotatable bonds is 8. The molecule has 0 fully saturated rings. The lowest BCUT2D eigenvalue weighted by Gasteiger charge is -2.15. The second-order valence-electron chi connectivity index (χ2n) is 7.61. The number of nitrogens with zero attached hydrogens (tertiary/aromatic N) is 3. The fourth-order valence-corrected chi connectivity index (χ4v) is 4.32. The SMILES string of the molecule is COc1ccc(COc2ccc(Sc3ccc(O)cc3)c(Nc3ncnc4ncccc34)c2)cc1. The largest absolute Gasteiger partial charge is 0.508 e. The van der Waals surface area contributed by atoms with Crippen molar-refractivity contribution in [1.82, 2.24) is 15.0 Å². The van der Waals surface area contributed by atoms with Crippen LogP contribution in [0.25, 0.3) is 11.0 Å². The molecule has 0 amide bonds. The second-order valence-corrected chi connectivity index (χ2v) is 8.73. The van der Waals surface area contributed by atoms with Gasteiger partial charge in [0.05, 0.1) is 18.2 Å². The van der Waals surface area contributed by atoms with Crippen LogP contribution < -0.4 is 14.8 Å². The van der Waals surface area contributed by atoms with Gasteiger partial charge in [-0.3, -0.25) is 0 Å². The van der Waals surface area contributed by atoms with Gasteiger partial charge in [-0.15, -0.1) is 0 Å². The molecular formula is C27H22N4O3S. The Balaban J connectivity index is 1.44. The highest BCUT2D eigenvalue weighted by Gasteiger charge is 2.11. The second kappa shape index (κ2) is 10.3. The highest BCUT2D eigenvalue weighted by molar-refractivity contribution is 7.99. The average molecular weight is 483 g/mol. The van der Waals surface area contributed by atoms with E-state index >= 15 is 0 Å². The Hall–Kier alpha value is -4.30. The van der Waals surface area contributed by atoms with Crippen molar-refractivity contribution in [2.75, 3.05) is 12.4 Å². The fourth-order valence-electron chi connectivity index (χ4n) is 3.44. The van der Waals surface area contributed by atoms with E-state index in [1.54, 1.807) is 37.2 Å². The minimum Gasteiger partial charge on any atom is -0.508 e. The summed E-state index contributed by atoms with van der Waals surface area (Å²) in [6.45, 7) is 0.425. The molecule has 3 aromatic carbocycles. The van der Waals surface area contributed by atoms with Gasteiger partial charge >= 0.3 is 0 Å². The van der Waals surface area contributed by atoms with Gasteiger partial charge in [0.15, 0.2) is 5.65 Å². The number of benzene rings is 3. The lowest BCUT2D eigenvalue weighted by molar-refractivity contribution is 0.306. The summed E-state index contributed by atoms with van der Waals surface area (Å²) in [7, 11) is 1.65. The third-order valence-corrected chi connectivity index (χ3v) is 6.33. The van der Waals surface area contributed by atoms with Crippen LogP contribution in [0.2, 0.25) is 0 Å². The van der Waals surface area contributed by atoms with Crippen molar-refractivity contribution in [2.45, 2.75) is 16.4 Å². The lowest BCUT2D eigenvalue weighted by atomic mass is 10.2. The molecule has 35 heavy (non-hydrogen) atoms. The maximum absolute atomic E-state index is 9.63. The molecule has 0 aliphatic rings. The van der Waals surface area contributed by atoms with Crippen LogP contribution in [0.1, 0.15) is 5.56 Å². The minimum absolute atomic E-state index is 0.231. The van der Waals surface area contributed by atoms with Gasteiger partial charge in [-0.1, -0.05) is 23.9 Å². The van der Waals surface area contributed by atoms with Crippen LogP contribution in [-0.2, 0) is 6.61 Å². The van der Waals surface area contributed by atoms with Crippen LogP contribution in [0, 0.1) is 0 Å². The zero-order valence-electron chi connectivity index (χ0n) is 18.9. The number of nitrogens with one attached hydrogen (secondary N) is 1. The van der Waals surface area contributed by atoms with E-state index in [0.717, 1.165) is 37.9 Å². The Labute approximate surface area is 206 Å². The number of phenolic OH excluding ortho intramolecular Hbond substituents is 1. The molecule has 0 spiro atoms. The van der Waals surface area contributed by atoms with Gasteiger partial charge in [0.25, 0.3) is 0 Å². The Bertz CT molecular complexity index is 1440. The van der Waals surface area contributed by atoms with Gasteiger partial charge in [0.1, 0.15) is 36.0 Å². The number of fused-ring (bicyclic) bond motifs is 1. The van der Waals surface area contributed by atoms with Crippen LogP contribution in [0.15, 0.2) is 101 Å². The summed E-state index contributed by atoms with van der Waals surface area (Å²) < 4.78 is 11.3. The number of aromatic nitrogens is 3. The van der Waals surface area contributed by atoms with Crippen molar-refractivity contribution in [3.8, 4) is 17.2 Å². The molecule has 7 nitrogen and oxygen atoms in total. The van der Waals surface area contributed by atoms with Gasteiger partial charge in [-0.05, 0) is 66.2 Å². The number of methoxy groups -OCH3 is 1. The normalized spacial score (nSPS) is 10.8. The Morgan fingerprint density at radius 1 is 0.886 bits per heavy atom. The van der Waals surface area contributed by atoms with Crippen molar-refractivity contribution in [1.29, 1.82) is 0 Å². The van der Waals surface area contributed by atoms with Crippen molar-refractivity contribution in [3.63, 3.8) is 0 Å². The molecule has 2 N–H and O–H groups in total. The van der Waals surface area contributed by atoms with E-state index in [0.29, 0.717) is 18.1 Å². The molecule has 0 unspecified atom stereocenters. The molecule has 0 radical (unpaired) electrons. The number of hydrogen-bond donors (Lipinski definition) is 2. The standard InChI is InChI=1S/C27H22N4O3S/c1-33-20-8-4-18(5-9-20)16-34-21-10-13-25(35-22-11-6-19(32)7-12-22)24(15-21)31-27-23-3-2-14-28-26(23)29-17-30-27/h2-15,17,32H,16H2,1H3,(H,28,29,30,31). The molecule has 5 aromatic rings.